The van der Waals surface area contributed by atoms with Gasteiger partial charge in [0.15, 0.2) is 0 Å². The van der Waals surface area contributed by atoms with Gasteiger partial charge in [-0.2, -0.15) is 0 Å². The first-order chi connectivity index (χ1) is 43.6. The van der Waals surface area contributed by atoms with Crippen LogP contribution in [-0.2, 0) is 0 Å². The van der Waals surface area contributed by atoms with Crippen molar-refractivity contribution >= 4 is 97.0 Å². The Hall–Kier alpha value is -11.2. The molecule has 0 aliphatic heterocycles. The second kappa shape index (κ2) is 17.7. The van der Waals surface area contributed by atoms with Crippen LogP contribution in [0.4, 0.5) is 0 Å². The van der Waals surface area contributed by atoms with Crippen LogP contribution < -0.4 is 0 Å². The van der Waals surface area contributed by atoms with Crippen LogP contribution in [0.15, 0.2) is 279 Å². The van der Waals surface area contributed by atoms with Crippen LogP contribution in [0, 0.1) is 13.8 Å². The van der Waals surface area contributed by atoms with E-state index in [1.54, 1.807) is 0 Å². The highest BCUT2D eigenvalue weighted by Gasteiger charge is 2.34. The molecule has 0 aromatic heterocycles. The molecule has 0 fully saturated rings. The first kappa shape index (κ1) is 48.1. The molecule has 0 radical (unpaired) electrons. The lowest BCUT2D eigenvalue weighted by molar-refractivity contribution is 1.40. The highest BCUT2D eigenvalue weighted by molar-refractivity contribution is 6.40. The lowest BCUT2D eigenvalue weighted by Crippen LogP contribution is -1.98. The van der Waals surface area contributed by atoms with E-state index in [1.165, 1.54) is 219 Å². The molecule has 0 N–H and O–H groups in total. The first-order valence-corrected chi connectivity index (χ1v) is 31.0. The Morgan fingerprint density at radius 2 is 0.409 bits per heavy atom. The van der Waals surface area contributed by atoms with Gasteiger partial charge in [-0.05, 0) is 245 Å². The molecule has 0 heterocycles. The summed E-state index contributed by atoms with van der Waals surface area (Å²) in [5.41, 5.74) is 28.6. The van der Waals surface area contributed by atoms with Crippen LogP contribution in [0.3, 0.4) is 0 Å². The van der Waals surface area contributed by atoms with Crippen molar-refractivity contribution in [3.05, 3.63) is 290 Å². The zero-order chi connectivity index (χ0) is 57.6. The van der Waals surface area contributed by atoms with Gasteiger partial charge in [-0.3, -0.25) is 0 Å². The Bertz CT molecular complexity index is 5840. The fourth-order valence-corrected chi connectivity index (χ4v) is 17.2. The Morgan fingerprint density at radius 3 is 0.807 bits per heavy atom. The smallest absolute Gasteiger partial charge is 0.000741 e. The molecule has 0 saturated carbocycles. The summed E-state index contributed by atoms with van der Waals surface area (Å²) < 4.78 is 0. The van der Waals surface area contributed by atoms with E-state index in [-0.39, 0.29) is 0 Å². The van der Waals surface area contributed by atoms with E-state index in [0.717, 1.165) is 0 Å². The van der Waals surface area contributed by atoms with Crippen molar-refractivity contribution in [3.63, 3.8) is 0 Å². The Morgan fingerprint density at radius 1 is 0.148 bits per heavy atom. The summed E-state index contributed by atoms with van der Waals surface area (Å²) >= 11 is 0. The summed E-state index contributed by atoms with van der Waals surface area (Å²) in [5, 5.41) is 23.6. The Labute approximate surface area is 509 Å². The van der Waals surface area contributed by atoms with Crippen LogP contribution in [0.25, 0.3) is 208 Å². The predicted molar refractivity (Wildman–Crippen MR) is 377 cm³/mol. The summed E-state index contributed by atoms with van der Waals surface area (Å²) in [6.45, 7) is 4.70. The third-order valence-corrected chi connectivity index (χ3v) is 20.6. The fourth-order valence-electron chi connectivity index (χ4n) is 17.2. The normalized spacial score (nSPS) is 12.4. The minimum atomic E-state index is 1.24. The summed E-state index contributed by atoms with van der Waals surface area (Å²) in [6, 6.07) is 106. The van der Waals surface area contributed by atoms with E-state index in [4.69, 9.17) is 0 Å². The Kier molecular flexibility index (Phi) is 9.68. The molecule has 0 spiro atoms. The number of benzene rings is 16. The predicted octanol–water partition coefficient (Wildman–Crippen LogP) is 24.9. The second-order valence-corrected chi connectivity index (χ2v) is 24.8. The third kappa shape index (κ3) is 6.23. The molecule has 20 rings (SSSR count). The molecular formula is C88H52. The van der Waals surface area contributed by atoms with Crippen molar-refractivity contribution in [3.8, 4) is 111 Å². The molecule has 0 atom stereocenters. The van der Waals surface area contributed by atoms with Gasteiger partial charge < -0.3 is 0 Å². The summed E-state index contributed by atoms with van der Waals surface area (Å²) in [6.07, 6.45) is 0. The van der Waals surface area contributed by atoms with Crippen molar-refractivity contribution in [2.45, 2.75) is 13.8 Å². The highest BCUT2D eigenvalue weighted by atomic mass is 14.4. The molecular weight excluding hydrogens is 1060 g/mol. The summed E-state index contributed by atoms with van der Waals surface area (Å²) in [4.78, 5) is 0. The van der Waals surface area contributed by atoms with E-state index in [1.807, 2.05) is 0 Å². The monoisotopic (exact) mass is 1110 g/mol. The minimum absolute atomic E-state index is 1.24. The molecule has 0 amide bonds. The molecule has 0 heteroatoms. The largest absolute Gasteiger partial charge is 0.0622 e. The van der Waals surface area contributed by atoms with Crippen LogP contribution in [0.2, 0.25) is 0 Å². The Balaban J connectivity index is 0.750. The fraction of sp³-hybridized carbons (Fsp3) is 0.0227. The van der Waals surface area contributed by atoms with Gasteiger partial charge in [-0.1, -0.05) is 267 Å². The van der Waals surface area contributed by atoms with E-state index in [0.29, 0.717) is 0 Å². The lowest BCUT2D eigenvalue weighted by atomic mass is 9.81. The average Bonchev–Trinajstić information content (AvgIpc) is 1.57. The van der Waals surface area contributed by atoms with Crippen molar-refractivity contribution in [1.82, 2.24) is 0 Å². The van der Waals surface area contributed by atoms with E-state index < -0.39 is 0 Å². The van der Waals surface area contributed by atoms with E-state index in [2.05, 4.69) is 293 Å². The molecule has 2 aliphatic carbocycles. The van der Waals surface area contributed by atoms with Gasteiger partial charge in [0.05, 0.1) is 0 Å². The first-order valence-electron chi connectivity index (χ1n) is 31.0. The third-order valence-electron chi connectivity index (χ3n) is 20.6. The molecule has 404 valence electrons. The van der Waals surface area contributed by atoms with Crippen LogP contribution in [0.1, 0.15) is 11.1 Å². The van der Waals surface area contributed by atoms with Gasteiger partial charge in [0, 0.05) is 0 Å². The maximum absolute atomic E-state index is 2.52. The van der Waals surface area contributed by atoms with Crippen molar-refractivity contribution in [1.29, 1.82) is 0 Å². The number of hydrogen-bond acceptors (Lipinski definition) is 0. The molecule has 88 heavy (non-hydrogen) atoms. The molecule has 18 aromatic carbocycles. The molecule has 2 aliphatic rings. The molecule has 0 nitrogen and oxygen atoms in total. The van der Waals surface area contributed by atoms with Gasteiger partial charge in [0.25, 0.3) is 0 Å². The minimum Gasteiger partial charge on any atom is -0.0622 e. The molecule has 0 bridgehead atoms. The second-order valence-electron chi connectivity index (χ2n) is 24.8. The maximum atomic E-state index is 2.52. The SMILES string of the molecule is Cc1c(-c2ccccc2)c(-c2ccccc2)c(C)c2c1-c1cccc3c(-c4ccc5c6cc7c(cc6c6cccc4c65)c4cccc5c(-c6ccc8c9c(cccc69)-c6c-8c(-c8ccccc8)c8ccccc8c6-c6ccccc6)ccc7c54)ccc-2c13. The highest BCUT2D eigenvalue weighted by Crippen LogP contribution is 2.61. The summed E-state index contributed by atoms with van der Waals surface area (Å²) in [5.74, 6) is 0. The van der Waals surface area contributed by atoms with E-state index in [9.17, 15) is 0 Å². The average molecular weight is 1110 g/mol. The van der Waals surface area contributed by atoms with Gasteiger partial charge in [0.2, 0.25) is 0 Å². The van der Waals surface area contributed by atoms with Crippen molar-refractivity contribution in [2.24, 2.45) is 0 Å². The number of hydrogen-bond donors (Lipinski definition) is 0. The van der Waals surface area contributed by atoms with Crippen LogP contribution in [-0.4, -0.2) is 0 Å². The molecule has 18 aromatic rings. The van der Waals surface area contributed by atoms with Crippen LogP contribution >= 0.6 is 0 Å². The number of fused-ring (bicyclic) bond motifs is 13. The zero-order valence-corrected chi connectivity index (χ0v) is 48.6. The van der Waals surface area contributed by atoms with Gasteiger partial charge in [-0.25, -0.2) is 0 Å². The topological polar surface area (TPSA) is 0 Å². The molecule has 0 saturated heterocycles. The summed E-state index contributed by atoms with van der Waals surface area (Å²) in [7, 11) is 0. The van der Waals surface area contributed by atoms with Crippen molar-refractivity contribution < 1.29 is 0 Å². The van der Waals surface area contributed by atoms with Gasteiger partial charge in [-0.15, -0.1) is 0 Å². The quantitative estimate of drug-likeness (QED) is 0.156. The van der Waals surface area contributed by atoms with Crippen molar-refractivity contribution in [2.75, 3.05) is 0 Å². The standard InChI is InChI=1S/C88H52/c1-49-77(51-21-7-3-8-22-51)78(52-23-9-4-10-24-52)50(2)80-71-45-41-57(61-33-19-37-69(79(49)80)85(61)71)55-39-43-67-75-48-76-68-44-40-56(60-32-18-36-66(84(60)68)74(76)47-73(75)65-35-17-31-59(55)83(65)67)58-42-46-72-86-62(58)34-20-38-70(86)87-81(53-25-11-5-12-26-53)63-29-15-16-30-64(63)82(88(72)87)54-27-13-6-14-28-54/h3-48H,1-2H3. The van der Waals surface area contributed by atoms with Gasteiger partial charge in [0.1, 0.15) is 0 Å². The van der Waals surface area contributed by atoms with E-state index >= 15 is 0 Å². The number of rotatable bonds is 6. The maximum Gasteiger partial charge on any atom is -0.000741 e. The molecule has 0 unspecified atom stereocenters. The van der Waals surface area contributed by atoms with Crippen LogP contribution in [0.5, 0.6) is 0 Å². The van der Waals surface area contributed by atoms with Gasteiger partial charge >= 0.3 is 0 Å². The zero-order valence-electron chi connectivity index (χ0n) is 48.6. The lowest BCUT2D eigenvalue weighted by Gasteiger charge is -2.22.